The van der Waals surface area contributed by atoms with Crippen molar-refractivity contribution >= 4 is 62.2 Å². The number of aromatic nitrogens is 2. The first kappa shape index (κ1) is 21.9. The van der Waals surface area contributed by atoms with E-state index in [1.165, 1.54) is 18.2 Å². The zero-order chi connectivity index (χ0) is 21.3. The second-order valence-corrected chi connectivity index (χ2v) is 9.28. The largest absolute Gasteiger partial charge is 0.447 e. The minimum atomic E-state index is -3.99. The molecule has 0 spiro atoms. The molecule has 0 saturated heterocycles. The maximum atomic E-state index is 12.9. The van der Waals surface area contributed by atoms with Crippen molar-refractivity contribution < 1.29 is 13.2 Å². The molecule has 0 unspecified atom stereocenters. The highest BCUT2D eigenvalue weighted by molar-refractivity contribution is 7.92. The summed E-state index contributed by atoms with van der Waals surface area (Å²) >= 11 is 24.3. The topological polar surface area (TPSA) is 81.2 Å². The number of anilines is 1. The smallest absolute Gasteiger partial charge is 0.263 e. The molecule has 152 valence electrons. The zero-order valence-corrected chi connectivity index (χ0v) is 18.8. The maximum absolute atomic E-state index is 12.9. The molecular weight excluding hydrogens is 480 g/mol. The summed E-state index contributed by atoms with van der Waals surface area (Å²) in [7, 11) is -3.99. The number of benzene rings is 2. The van der Waals surface area contributed by atoms with Crippen molar-refractivity contribution in [1.82, 2.24) is 9.97 Å². The number of hydrogen-bond donors (Lipinski definition) is 1. The Labute approximate surface area is 187 Å². The van der Waals surface area contributed by atoms with Crippen molar-refractivity contribution in [2.45, 2.75) is 18.7 Å². The van der Waals surface area contributed by atoms with E-state index in [0.29, 0.717) is 10.6 Å². The molecule has 29 heavy (non-hydrogen) atoms. The van der Waals surface area contributed by atoms with Gasteiger partial charge in [-0.25, -0.2) is 18.4 Å². The van der Waals surface area contributed by atoms with Gasteiger partial charge in [0.25, 0.3) is 10.0 Å². The van der Waals surface area contributed by atoms with E-state index in [1.54, 1.807) is 19.1 Å². The van der Waals surface area contributed by atoms with E-state index in [4.69, 9.17) is 51.1 Å². The summed E-state index contributed by atoms with van der Waals surface area (Å²) in [6, 6.07) is 7.79. The number of nitrogens with zero attached hydrogens (tertiary/aromatic N) is 2. The van der Waals surface area contributed by atoms with Gasteiger partial charge in [-0.3, -0.25) is 4.72 Å². The standard InChI is InChI=1S/C18H13Cl4N3O3S/c1-9-3-4-14(10(2)5-9)29(26,27)25-18-16(17(22)23-8-24-18)28-15-12(20)6-11(19)7-13(15)21/h3-8H,1-2H3,(H,23,24,25). The molecule has 3 rings (SSSR count). The maximum Gasteiger partial charge on any atom is 0.263 e. The summed E-state index contributed by atoms with van der Waals surface area (Å²) in [4.78, 5) is 7.86. The first-order valence-electron chi connectivity index (χ1n) is 8.01. The van der Waals surface area contributed by atoms with Gasteiger partial charge in [0.05, 0.1) is 14.9 Å². The van der Waals surface area contributed by atoms with E-state index in [2.05, 4.69) is 14.7 Å². The fraction of sp³-hybridized carbons (Fsp3) is 0.111. The molecule has 11 heteroatoms. The summed E-state index contributed by atoms with van der Waals surface area (Å²) < 4.78 is 33.8. The van der Waals surface area contributed by atoms with Gasteiger partial charge in [-0.15, -0.1) is 0 Å². The quantitative estimate of drug-likeness (QED) is 0.422. The van der Waals surface area contributed by atoms with E-state index in [-0.39, 0.29) is 37.4 Å². The molecule has 0 atom stereocenters. The SMILES string of the molecule is Cc1ccc(S(=O)(=O)Nc2ncnc(Cl)c2Oc2c(Cl)cc(Cl)cc2Cl)c(C)c1. The Bertz CT molecular complexity index is 1180. The number of halogens is 4. The first-order valence-corrected chi connectivity index (χ1v) is 11.0. The number of sulfonamides is 1. The van der Waals surface area contributed by atoms with Crippen LogP contribution < -0.4 is 9.46 Å². The molecule has 1 heterocycles. The lowest BCUT2D eigenvalue weighted by Crippen LogP contribution is -2.16. The van der Waals surface area contributed by atoms with E-state index < -0.39 is 10.0 Å². The van der Waals surface area contributed by atoms with Gasteiger partial charge in [0.2, 0.25) is 5.75 Å². The summed E-state index contributed by atoms with van der Waals surface area (Å²) in [6.07, 6.45) is 1.10. The lowest BCUT2D eigenvalue weighted by Gasteiger charge is -2.15. The average Bonchev–Trinajstić information content (AvgIpc) is 2.59. The molecule has 0 aliphatic carbocycles. The highest BCUT2D eigenvalue weighted by Gasteiger charge is 2.23. The Morgan fingerprint density at radius 3 is 2.21 bits per heavy atom. The highest BCUT2D eigenvalue weighted by Crippen LogP contribution is 2.42. The van der Waals surface area contributed by atoms with Crippen LogP contribution in [0.25, 0.3) is 0 Å². The third kappa shape index (κ3) is 4.87. The van der Waals surface area contributed by atoms with Crippen LogP contribution in [-0.4, -0.2) is 18.4 Å². The summed E-state index contributed by atoms with van der Waals surface area (Å²) in [6.45, 7) is 3.56. The predicted molar refractivity (Wildman–Crippen MR) is 115 cm³/mol. The molecule has 2 aromatic carbocycles. The number of aryl methyl sites for hydroxylation is 2. The summed E-state index contributed by atoms with van der Waals surface area (Å²) in [5, 5.41) is 0.371. The molecular formula is C18H13Cl4N3O3S. The molecule has 1 N–H and O–H groups in total. The van der Waals surface area contributed by atoms with Gasteiger partial charge < -0.3 is 4.74 Å². The first-order chi connectivity index (χ1) is 13.6. The molecule has 0 aliphatic heterocycles. The van der Waals surface area contributed by atoms with Crippen LogP contribution in [0.3, 0.4) is 0 Å². The Morgan fingerprint density at radius 2 is 1.59 bits per heavy atom. The van der Waals surface area contributed by atoms with Gasteiger partial charge >= 0.3 is 0 Å². The Morgan fingerprint density at radius 1 is 0.931 bits per heavy atom. The van der Waals surface area contributed by atoms with Crippen molar-refractivity contribution in [2.75, 3.05) is 4.72 Å². The summed E-state index contributed by atoms with van der Waals surface area (Å²) in [5.41, 5.74) is 1.51. The molecule has 0 aliphatic rings. The minimum absolute atomic E-state index is 0.0291. The van der Waals surface area contributed by atoms with Gasteiger partial charge in [0.1, 0.15) is 6.33 Å². The van der Waals surface area contributed by atoms with Gasteiger partial charge in [-0.2, -0.15) is 0 Å². The van der Waals surface area contributed by atoms with Crippen LogP contribution in [0, 0.1) is 13.8 Å². The second kappa shape index (κ2) is 8.53. The molecule has 0 radical (unpaired) electrons. The monoisotopic (exact) mass is 491 g/mol. The third-order valence-electron chi connectivity index (χ3n) is 3.78. The molecule has 0 amide bonds. The van der Waals surface area contributed by atoms with Crippen LogP contribution in [-0.2, 0) is 10.0 Å². The lowest BCUT2D eigenvalue weighted by atomic mass is 10.2. The number of rotatable bonds is 5. The van der Waals surface area contributed by atoms with Crippen LogP contribution in [0.5, 0.6) is 11.5 Å². The van der Waals surface area contributed by atoms with Crippen molar-refractivity contribution in [1.29, 1.82) is 0 Å². The molecule has 0 saturated carbocycles. The van der Waals surface area contributed by atoms with Crippen LogP contribution in [0.1, 0.15) is 11.1 Å². The lowest BCUT2D eigenvalue weighted by molar-refractivity contribution is 0.481. The van der Waals surface area contributed by atoms with Crippen molar-refractivity contribution in [3.05, 3.63) is 68.0 Å². The predicted octanol–water partition coefficient (Wildman–Crippen LogP) is 6.30. The van der Waals surface area contributed by atoms with E-state index in [0.717, 1.165) is 11.9 Å². The second-order valence-electron chi connectivity index (χ2n) is 6.02. The highest BCUT2D eigenvalue weighted by atomic mass is 35.5. The summed E-state index contributed by atoms with van der Waals surface area (Å²) in [5.74, 6) is -0.304. The normalized spacial score (nSPS) is 11.4. The van der Waals surface area contributed by atoms with Gasteiger partial charge in [-0.1, -0.05) is 64.1 Å². The van der Waals surface area contributed by atoms with Crippen LogP contribution in [0.4, 0.5) is 5.82 Å². The van der Waals surface area contributed by atoms with Crippen molar-refractivity contribution in [3.63, 3.8) is 0 Å². The van der Waals surface area contributed by atoms with Crippen LogP contribution >= 0.6 is 46.4 Å². The fourth-order valence-electron chi connectivity index (χ4n) is 2.53. The van der Waals surface area contributed by atoms with Crippen LogP contribution in [0.2, 0.25) is 20.2 Å². The molecule has 1 aromatic heterocycles. The van der Waals surface area contributed by atoms with Crippen LogP contribution in [0.15, 0.2) is 41.6 Å². The molecule has 3 aromatic rings. The Balaban J connectivity index is 2.03. The Kier molecular flexibility index (Phi) is 6.45. The molecule has 0 bridgehead atoms. The Hall–Kier alpha value is -1.77. The van der Waals surface area contributed by atoms with Gasteiger partial charge in [-0.05, 0) is 37.6 Å². The van der Waals surface area contributed by atoms with E-state index >= 15 is 0 Å². The van der Waals surface area contributed by atoms with Crippen molar-refractivity contribution in [3.8, 4) is 11.5 Å². The van der Waals surface area contributed by atoms with E-state index in [9.17, 15) is 8.42 Å². The van der Waals surface area contributed by atoms with Gasteiger partial charge in [0.15, 0.2) is 16.7 Å². The van der Waals surface area contributed by atoms with Gasteiger partial charge in [0, 0.05) is 5.02 Å². The number of ether oxygens (including phenoxy) is 1. The minimum Gasteiger partial charge on any atom is -0.447 e. The average molecular weight is 493 g/mol. The van der Waals surface area contributed by atoms with Crippen molar-refractivity contribution in [2.24, 2.45) is 0 Å². The zero-order valence-electron chi connectivity index (χ0n) is 15.0. The molecule has 0 fully saturated rings. The molecule has 6 nitrogen and oxygen atoms in total. The third-order valence-corrected chi connectivity index (χ3v) is 6.33. The number of hydrogen-bond acceptors (Lipinski definition) is 5. The van der Waals surface area contributed by atoms with E-state index in [1.807, 2.05) is 6.92 Å². The number of nitrogens with one attached hydrogen (secondary N) is 1. The fourth-order valence-corrected chi connectivity index (χ4v) is 4.83.